The molecule has 0 amide bonds. The van der Waals surface area contributed by atoms with Gasteiger partial charge in [-0.05, 0) is 46.3 Å². The average molecular weight is 619 g/mol. The summed E-state index contributed by atoms with van der Waals surface area (Å²) < 4.78 is 7.80. The van der Waals surface area contributed by atoms with E-state index < -0.39 is 5.41 Å². The molecule has 0 N–H and O–H groups in total. The van der Waals surface area contributed by atoms with Crippen LogP contribution in [-0.2, 0) is 5.41 Å². The van der Waals surface area contributed by atoms with E-state index in [-0.39, 0.29) is 0 Å². The number of benzene rings is 6. The minimum Gasteiger partial charge on any atom is -0.457 e. The Labute approximate surface area is 276 Å². The van der Waals surface area contributed by atoms with Gasteiger partial charge in [-0.25, -0.2) is 9.97 Å². The molecule has 2 aliphatic rings. The van der Waals surface area contributed by atoms with Crippen LogP contribution in [0.2, 0.25) is 0 Å². The number of ether oxygens (including phenoxy) is 1. The number of hydrogen-bond donors (Lipinski definition) is 0. The summed E-state index contributed by atoms with van der Waals surface area (Å²) in [6, 6.07) is 55.7. The van der Waals surface area contributed by atoms with E-state index in [1.165, 1.54) is 43.5 Å². The van der Waals surface area contributed by atoms with Crippen LogP contribution in [0.1, 0.15) is 22.3 Å². The summed E-state index contributed by atoms with van der Waals surface area (Å²) in [5.74, 6) is 2.54. The van der Waals surface area contributed by atoms with Crippen LogP contribution in [-0.4, -0.2) is 9.97 Å². The van der Waals surface area contributed by atoms with Gasteiger partial charge in [0.05, 0.1) is 21.7 Å². The van der Waals surface area contributed by atoms with Crippen LogP contribution in [0.4, 0.5) is 0 Å². The number of hydrogen-bond acceptors (Lipinski definition) is 4. The maximum Gasteiger partial charge on any atom is 0.160 e. The molecular formula is C43H26N2OS. The second-order valence-electron chi connectivity index (χ2n) is 12.1. The highest BCUT2D eigenvalue weighted by Gasteiger charge is 2.51. The molecule has 0 saturated heterocycles. The van der Waals surface area contributed by atoms with Gasteiger partial charge in [0.2, 0.25) is 0 Å². The molecule has 0 fully saturated rings. The van der Waals surface area contributed by atoms with Crippen molar-refractivity contribution in [3.05, 3.63) is 180 Å². The fraction of sp³-hybridized carbons (Fsp3) is 0.0233. The largest absolute Gasteiger partial charge is 0.457 e. The Balaban J connectivity index is 1.24. The van der Waals surface area contributed by atoms with E-state index in [0.717, 1.165) is 44.7 Å². The first-order valence-electron chi connectivity index (χ1n) is 15.8. The van der Waals surface area contributed by atoms with Gasteiger partial charge in [0, 0.05) is 32.5 Å². The Hall–Kier alpha value is -5.84. The predicted molar refractivity (Wildman–Crippen MR) is 191 cm³/mol. The maximum atomic E-state index is 6.53. The number of para-hydroxylation sites is 2. The van der Waals surface area contributed by atoms with Crippen LogP contribution in [0.25, 0.3) is 54.4 Å². The zero-order valence-corrected chi connectivity index (χ0v) is 26.0. The molecule has 0 atom stereocenters. The zero-order chi connectivity index (χ0) is 31.0. The van der Waals surface area contributed by atoms with Crippen LogP contribution in [0, 0.1) is 0 Å². The first kappa shape index (κ1) is 26.4. The molecule has 0 bridgehead atoms. The number of nitrogens with zero attached hydrogens (tertiary/aromatic N) is 2. The molecule has 0 radical (unpaired) electrons. The Bertz CT molecular complexity index is 2400. The zero-order valence-electron chi connectivity index (χ0n) is 25.2. The summed E-state index contributed by atoms with van der Waals surface area (Å²) in [6.07, 6.45) is 0. The third kappa shape index (κ3) is 3.79. The second kappa shape index (κ2) is 10.1. The van der Waals surface area contributed by atoms with E-state index >= 15 is 0 Å². The van der Waals surface area contributed by atoms with E-state index in [0.29, 0.717) is 0 Å². The summed E-state index contributed by atoms with van der Waals surface area (Å²) in [7, 11) is 0. The van der Waals surface area contributed by atoms with E-state index in [4.69, 9.17) is 14.7 Å². The lowest BCUT2D eigenvalue weighted by Crippen LogP contribution is -2.32. The molecule has 1 aliphatic heterocycles. The average Bonchev–Trinajstić information content (AvgIpc) is 3.71. The van der Waals surface area contributed by atoms with Crippen molar-refractivity contribution in [1.82, 2.24) is 9.97 Å². The Morgan fingerprint density at radius 3 is 1.81 bits per heavy atom. The number of thiophene rings is 1. The minimum absolute atomic E-state index is 0.481. The quantitative estimate of drug-likeness (QED) is 0.198. The number of aromatic nitrogens is 2. The third-order valence-electron chi connectivity index (χ3n) is 9.57. The fourth-order valence-corrected chi connectivity index (χ4v) is 8.79. The molecule has 8 aromatic rings. The SMILES string of the molecule is c1ccc(-c2cc(-c3cc4ccc5c(c4s3)-c3ccccc3C53c4ccccc4Oc4ccccc43)nc(-c3ccccc3)n2)cc1. The van der Waals surface area contributed by atoms with E-state index in [1.54, 1.807) is 0 Å². The van der Waals surface area contributed by atoms with Crippen LogP contribution in [0.5, 0.6) is 11.5 Å². The molecule has 220 valence electrons. The molecule has 3 nitrogen and oxygen atoms in total. The maximum absolute atomic E-state index is 6.53. The predicted octanol–water partition coefficient (Wildman–Crippen LogP) is 11.2. The van der Waals surface area contributed by atoms with Crippen molar-refractivity contribution in [2.45, 2.75) is 5.41 Å². The van der Waals surface area contributed by atoms with Gasteiger partial charge in [0.1, 0.15) is 11.5 Å². The van der Waals surface area contributed by atoms with Crippen molar-refractivity contribution in [1.29, 1.82) is 0 Å². The molecular weight excluding hydrogens is 593 g/mol. The molecule has 2 aromatic heterocycles. The van der Waals surface area contributed by atoms with E-state index in [9.17, 15) is 0 Å². The monoisotopic (exact) mass is 618 g/mol. The van der Waals surface area contributed by atoms with Gasteiger partial charge in [-0.15, -0.1) is 11.3 Å². The normalized spacial score (nSPS) is 13.4. The smallest absolute Gasteiger partial charge is 0.160 e. The topological polar surface area (TPSA) is 35.0 Å². The third-order valence-corrected chi connectivity index (χ3v) is 10.8. The molecule has 0 unspecified atom stereocenters. The summed E-state index contributed by atoms with van der Waals surface area (Å²) in [5.41, 5.74) is 10.9. The van der Waals surface area contributed by atoms with Gasteiger partial charge >= 0.3 is 0 Å². The van der Waals surface area contributed by atoms with Crippen molar-refractivity contribution in [3.8, 4) is 55.8 Å². The molecule has 3 heterocycles. The van der Waals surface area contributed by atoms with Crippen LogP contribution < -0.4 is 4.74 Å². The molecule has 1 spiro atoms. The van der Waals surface area contributed by atoms with Crippen molar-refractivity contribution < 1.29 is 4.74 Å². The molecule has 47 heavy (non-hydrogen) atoms. The Morgan fingerprint density at radius 1 is 0.489 bits per heavy atom. The first-order valence-corrected chi connectivity index (χ1v) is 16.6. The highest BCUT2D eigenvalue weighted by molar-refractivity contribution is 7.22. The van der Waals surface area contributed by atoms with E-state index in [1.807, 2.05) is 35.6 Å². The molecule has 10 rings (SSSR count). The van der Waals surface area contributed by atoms with Crippen molar-refractivity contribution in [2.75, 3.05) is 0 Å². The van der Waals surface area contributed by atoms with Gasteiger partial charge < -0.3 is 4.74 Å². The lowest BCUT2D eigenvalue weighted by molar-refractivity contribution is 0.436. The van der Waals surface area contributed by atoms with E-state index in [2.05, 4.69) is 133 Å². The molecule has 1 aliphatic carbocycles. The second-order valence-corrected chi connectivity index (χ2v) is 13.2. The lowest BCUT2D eigenvalue weighted by atomic mass is 9.66. The Kier molecular flexibility index (Phi) is 5.66. The highest BCUT2D eigenvalue weighted by Crippen LogP contribution is 2.63. The Morgan fingerprint density at radius 2 is 1.09 bits per heavy atom. The van der Waals surface area contributed by atoms with Gasteiger partial charge in [0.15, 0.2) is 5.82 Å². The first-order chi connectivity index (χ1) is 23.3. The molecule has 6 aromatic carbocycles. The summed E-state index contributed by atoms with van der Waals surface area (Å²) in [5, 5.41) is 1.21. The summed E-state index contributed by atoms with van der Waals surface area (Å²) in [4.78, 5) is 11.3. The van der Waals surface area contributed by atoms with Crippen LogP contribution in [0.3, 0.4) is 0 Å². The molecule has 4 heteroatoms. The summed E-state index contributed by atoms with van der Waals surface area (Å²) in [6.45, 7) is 0. The lowest BCUT2D eigenvalue weighted by Gasteiger charge is -2.39. The minimum atomic E-state index is -0.481. The van der Waals surface area contributed by atoms with Gasteiger partial charge in [-0.2, -0.15) is 0 Å². The van der Waals surface area contributed by atoms with Gasteiger partial charge in [-0.3, -0.25) is 0 Å². The van der Waals surface area contributed by atoms with Gasteiger partial charge in [-0.1, -0.05) is 133 Å². The standard InChI is InChI=1S/C43H26N2OS/c1-3-13-27(14-4-1)35-26-36(45-42(44-35)28-15-5-2-6-16-28)39-25-29-23-24-34-40(41(29)47-39)30-17-7-8-18-31(30)43(34)32-19-9-11-21-37(32)46-38-22-12-10-20-33(38)43/h1-26H. The number of rotatable bonds is 3. The highest BCUT2D eigenvalue weighted by atomic mass is 32.1. The van der Waals surface area contributed by atoms with Crippen LogP contribution in [0.15, 0.2) is 158 Å². The van der Waals surface area contributed by atoms with Crippen molar-refractivity contribution >= 4 is 21.4 Å². The van der Waals surface area contributed by atoms with Crippen molar-refractivity contribution in [3.63, 3.8) is 0 Å². The molecule has 0 saturated carbocycles. The number of fused-ring (bicyclic) bond motifs is 11. The fourth-order valence-electron chi connectivity index (χ4n) is 7.60. The van der Waals surface area contributed by atoms with Gasteiger partial charge in [0.25, 0.3) is 0 Å². The van der Waals surface area contributed by atoms with Crippen LogP contribution >= 0.6 is 11.3 Å². The summed E-state index contributed by atoms with van der Waals surface area (Å²) >= 11 is 1.82. The van der Waals surface area contributed by atoms with Crippen molar-refractivity contribution in [2.24, 2.45) is 0 Å².